The largest absolute Gasteiger partial charge is 0.348 e. The van der Waals surface area contributed by atoms with E-state index >= 15 is 0 Å². The Kier molecular flexibility index (Phi) is 3.97. The van der Waals surface area contributed by atoms with Crippen LogP contribution in [0.3, 0.4) is 0 Å². The van der Waals surface area contributed by atoms with Crippen LogP contribution in [0.1, 0.15) is 75.0 Å². The summed E-state index contributed by atoms with van der Waals surface area (Å²) in [5, 5.41) is 7.83. The Morgan fingerprint density at radius 1 is 1.29 bits per heavy atom. The van der Waals surface area contributed by atoms with Crippen molar-refractivity contribution in [1.29, 1.82) is 0 Å². The number of rotatable bonds is 5. The van der Waals surface area contributed by atoms with E-state index in [2.05, 4.69) is 24.3 Å². The van der Waals surface area contributed by atoms with E-state index in [1.54, 1.807) is 4.68 Å². The van der Waals surface area contributed by atoms with Crippen molar-refractivity contribution in [2.75, 3.05) is 0 Å². The van der Waals surface area contributed by atoms with E-state index in [0.29, 0.717) is 11.1 Å². The molecule has 1 atom stereocenters. The van der Waals surface area contributed by atoms with Gasteiger partial charge in [-0.2, -0.15) is 5.10 Å². The van der Waals surface area contributed by atoms with Crippen molar-refractivity contribution >= 4 is 5.91 Å². The van der Waals surface area contributed by atoms with Crippen LogP contribution in [0.2, 0.25) is 0 Å². The van der Waals surface area contributed by atoms with Crippen LogP contribution in [0.25, 0.3) is 0 Å². The molecule has 4 heteroatoms. The van der Waals surface area contributed by atoms with E-state index in [4.69, 9.17) is 0 Å². The lowest BCUT2D eigenvalue weighted by atomic mass is 9.48. The highest BCUT2D eigenvalue weighted by Crippen LogP contribution is 2.61. The van der Waals surface area contributed by atoms with Crippen LogP contribution in [-0.4, -0.2) is 21.7 Å². The lowest BCUT2D eigenvalue weighted by molar-refractivity contribution is -0.0688. The molecule has 4 bridgehead atoms. The van der Waals surface area contributed by atoms with Gasteiger partial charge in [0, 0.05) is 13.1 Å². The summed E-state index contributed by atoms with van der Waals surface area (Å²) in [6, 6.07) is 2.23. The molecule has 1 aromatic rings. The molecule has 1 N–H and O–H groups in total. The second-order valence-electron chi connectivity index (χ2n) is 8.87. The smallest absolute Gasteiger partial charge is 0.269 e. The number of hydrogen-bond acceptors (Lipinski definition) is 2. The summed E-state index contributed by atoms with van der Waals surface area (Å²) in [7, 11) is 1.88. The Bertz CT molecular complexity index is 598. The molecule has 5 rings (SSSR count). The molecule has 24 heavy (non-hydrogen) atoms. The maximum atomic E-state index is 12.8. The van der Waals surface area contributed by atoms with Gasteiger partial charge in [-0.25, -0.2) is 0 Å². The summed E-state index contributed by atoms with van der Waals surface area (Å²) >= 11 is 0. The average molecular weight is 329 g/mol. The minimum Gasteiger partial charge on any atom is -0.348 e. The molecule has 0 spiro atoms. The van der Waals surface area contributed by atoms with E-state index in [-0.39, 0.29) is 11.9 Å². The molecule has 0 radical (unpaired) electrons. The maximum absolute atomic E-state index is 12.8. The van der Waals surface area contributed by atoms with Gasteiger partial charge in [0.1, 0.15) is 5.69 Å². The molecule has 0 aromatic carbocycles. The first-order valence-electron chi connectivity index (χ1n) is 9.83. The first-order valence-corrected chi connectivity index (χ1v) is 9.83. The Morgan fingerprint density at radius 2 is 1.88 bits per heavy atom. The van der Waals surface area contributed by atoms with Gasteiger partial charge >= 0.3 is 0 Å². The predicted molar refractivity (Wildman–Crippen MR) is 94.7 cm³/mol. The van der Waals surface area contributed by atoms with Crippen LogP contribution in [-0.2, 0) is 13.5 Å². The maximum Gasteiger partial charge on any atom is 0.269 e. The molecule has 1 aromatic heterocycles. The lowest BCUT2D eigenvalue weighted by Gasteiger charge is -2.59. The minimum atomic E-state index is 0.0515. The van der Waals surface area contributed by atoms with E-state index in [1.165, 1.54) is 38.5 Å². The molecule has 4 fully saturated rings. The Labute approximate surface area is 145 Å². The van der Waals surface area contributed by atoms with Crippen molar-refractivity contribution in [2.24, 2.45) is 30.2 Å². The van der Waals surface area contributed by atoms with Gasteiger partial charge < -0.3 is 5.32 Å². The molecule has 1 heterocycles. The quantitative estimate of drug-likeness (QED) is 0.895. The lowest BCUT2D eigenvalue weighted by Crippen LogP contribution is -2.55. The Balaban J connectivity index is 1.48. The fraction of sp³-hybridized carbons (Fsp3) is 0.800. The van der Waals surface area contributed by atoms with Gasteiger partial charge in [-0.1, -0.05) is 13.3 Å². The van der Waals surface area contributed by atoms with Crippen LogP contribution in [0, 0.1) is 23.2 Å². The third kappa shape index (κ3) is 2.68. The molecular weight excluding hydrogens is 298 g/mol. The van der Waals surface area contributed by atoms with E-state index in [1.807, 2.05) is 13.1 Å². The van der Waals surface area contributed by atoms with E-state index in [9.17, 15) is 4.79 Å². The standard InChI is InChI=1S/C20H31N3O/c1-4-5-17-9-18(23(3)22-17)19(24)21-13(2)20-10-14-6-15(11-20)8-16(7-14)12-20/h9,13-16H,4-8,10-12H2,1-3H3,(H,21,24)/t13-,14?,15?,16?,20?/m0/s1. The molecule has 1 amide bonds. The Hall–Kier alpha value is -1.32. The number of nitrogens with one attached hydrogen (secondary N) is 1. The first-order chi connectivity index (χ1) is 11.5. The summed E-state index contributed by atoms with van der Waals surface area (Å²) in [5.74, 6) is 2.81. The van der Waals surface area contributed by atoms with Gasteiger partial charge in [-0.15, -0.1) is 0 Å². The summed E-state index contributed by atoms with van der Waals surface area (Å²) in [6.07, 6.45) is 10.3. The highest BCUT2D eigenvalue weighted by atomic mass is 16.2. The molecule has 4 nitrogen and oxygen atoms in total. The summed E-state index contributed by atoms with van der Waals surface area (Å²) < 4.78 is 1.74. The molecule has 132 valence electrons. The topological polar surface area (TPSA) is 46.9 Å². The number of nitrogens with zero attached hydrogens (tertiary/aromatic N) is 2. The van der Waals surface area contributed by atoms with Gasteiger partial charge in [0.15, 0.2) is 0 Å². The molecule has 4 aliphatic carbocycles. The van der Waals surface area contributed by atoms with E-state index < -0.39 is 0 Å². The number of aromatic nitrogens is 2. The number of aryl methyl sites for hydroxylation is 2. The number of carbonyl (C=O) groups excluding carboxylic acids is 1. The third-order valence-electron chi connectivity index (χ3n) is 7.02. The summed E-state index contributed by atoms with van der Waals surface area (Å²) in [5.41, 5.74) is 2.08. The van der Waals surface area contributed by atoms with Gasteiger partial charge in [0.05, 0.1) is 5.69 Å². The fourth-order valence-corrected chi connectivity index (χ4v) is 6.25. The zero-order chi connectivity index (χ0) is 16.9. The van der Waals surface area contributed by atoms with E-state index in [0.717, 1.165) is 36.3 Å². The fourth-order valence-electron chi connectivity index (χ4n) is 6.25. The number of carbonyl (C=O) groups is 1. The highest BCUT2D eigenvalue weighted by Gasteiger charge is 2.53. The molecule has 0 saturated heterocycles. The van der Waals surface area contributed by atoms with Crippen LogP contribution in [0.4, 0.5) is 0 Å². The Morgan fingerprint density at radius 3 is 2.42 bits per heavy atom. The highest BCUT2D eigenvalue weighted by molar-refractivity contribution is 5.92. The molecular formula is C20H31N3O. The van der Waals surface area contributed by atoms with Crippen molar-refractivity contribution in [3.63, 3.8) is 0 Å². The third-order valence-corrected chi connectivity index (χ3v) is 7.02. The van der Waals surface area contributed by atoms with Crippen molar-refractivity contribution in [2.45, 2.75) is 71.3 Å². The van der Waals surface area contributed by atoms with Gasteiger partial charge in [-0.3, -0.25) is 9.48 Å². The molecule has 4 saturated carbocycles. The minimum absolute atomic E-state index is 0.0515. The number of amides is 1. The predicted octanol–water partition coefficient (Wildman–Crippen LogP) is 3.71. The van der Waals surface area contributed by atoms with Gasteiger partial charge in [0.25, 0.3) is 5.91 Å². The van der Waals surface area contributed by atoms with Crippen LogP contribution in [0.15, 0.2) is 6.07 Å². The van der Waals surface area contributed by atoms with Gasteiger partial charge in [-0.05, 0) is 81.1 Å². The molecule has 0 unspecified atom stereocenters. The SMILES string of the molecule is CCCc1cc(C(=O)N[C@@H](C)C23CC4CC(CC(C4)C2)C3)n(C)n1. The molecule has 0 aliphatic heterocycles. The normalized spacial score (nSPS) is 35.2. The van der Waals surface area contributed by atoms with Crippen molar-refractivity contribution in [3.8, 4) is 0 Å². The van der Waals surface area contributed by atoms with Crippen LogP contribution in [0.5, 0.6) is 0 Å². The van der Waals surface area contributed by atoms with Crippen LogP contribution >= 0.6 is 0 Å². The van der Waals surface area contributed by atoms with Crippen molar-refractivity contribution in [1.82, 2.24) is 15.1 Å². The second kappa shape index (κ2) is 5.89. The van der Waals surface area contributed by atoms with Crippen molar-refractivity contribution in [3.05, 3.63) is 17.5 Å². The zero-order valence-electron chi connectivity index (χ0n) is 15.3. The summed E-state index contributed by atoms with van der Waals surface area (Å²) in [4.78, 5) is 12.8. The summed E-state index contributed by atoms with van der Waals surface area (Å²) in [6.45, 7) is 4.39. The number of hydrogen-bond donors (Lipinski definition) is 1. The monoisotopic (exact) mass is 329 g/mol. The average Bonchev–Trinajstić information content (AvgIpc) is 2.87. The van der Waals surface area contributed by atoms with Crippen LogP contribution < -0.4 is 5.32 Å². The van der Waals surface area contributed by atoms with Crippen molar-refractivity contribution < 1.29 is 4.79 Å². The first kappa shape index (κ1) is 16.2. The van der Waals surface area contributed by atoms with Gasteiger partial charge in [0.2, 0.25) is 0 Å². The molecule has 4 aliphatic rings. The second-order valence-corrected chi connectivity index (χ2v) is 8.87. The zero-order valence-corrected chi connectivity index (χ0v) is 15.3.